The van der Waals surface area contributed by atoms with Crippen molar-refractivity contribution in [3.63, 3.8) is 0 Å². The predicted octanol–water partition coefficient (Wildman–Crippen LogP) is 2.11. The van der Waals surface area contributed by atoms with Crippen molar-refractivity contribution in [1.29, 1.82) is 0 Å². The summed E-state index contributed by atoms with van der Waals surface area (Å²) in [6.45, 7) is 2.35. The van der Waals surface area contributed by atoms with Gasteiger partial charge in [0.1, 0.15) is 11.9 Å². The zero-order chi connectivity index (χ0) is 14.7. The molecule has 0 bridgehead atoms. The first-order valence-corrected chi connectivity index (χ1v) is 6.92. The average Bonchev–Trinajstić information content (AvgIpc) is 2.79. The molecule has 0 radical (unpaired) electrons. The standard InChI is InChI=1S/C14H16ClFN2O2/c1-2-18-12(6-7-13(18)19)14(20)17-8-9-10(15)4-3-5-11(9)16/h3-5,12H,2,6-8H2,1H3,(H,17,20)/t12-/m0/s1. The van der Waals surface area contributed by atoms with Gasteiger partial charge in [0.25, 0.3) is 0 Å². The van der Waals surface area contributed by atoms with Crippen LogP contribution in [0.15, 0.2) is 18.2 Å². The summed E-state index contributed by atoms with van der Waals surface area (Å²) in [7, 11) is 0. The summed E-state index contributed by atoms with van der Waals surface area (Å²) < 4.78 is 13.6. The first-order chi connectivity index (χ1) is 9.54. The van der Waals surface area contributed by atoms with Gasteiger partial charge in [-0.3, -0.25) is 9.59 Å². The van der Waals surface area contributed by atoms with Gasteiger partial charge in [-0.2, -0.15) is 0 Å². The summed E-state index contributed by atoms with van der Waals surface area (Å²) in [5.74, 6) is -0.735. The lowest BCUT2D eigenvalue weighted by Gasteiger charge is -2.22. The van der Waals surface area contributed by atoms with Crippen LogP contribution in [0.1, 0.15) is 25.3 Å². The molecule has 20 heavy (non-hydrogen) atoms. The lowest BCUT2D eigenvalue weighted by atomic mass is 10.1. The van der Waals surface area contributed by atoms with Gasteiger partial charge in [-0.15, -0.1) is 0 Å². The summed E-state index contributed by atoms with van der Waals surface area (Å²) in [6.07, 6.45) is 0.885. The maximum Gasteiger partial charge on any atom is 0.243 e. The molecule has 1 atom stereocenters. The summed E-state index contributed by atoms with van der Waals surface area (Å²) in [6, 6.07) is 3.92. The Morgan fingerprint density at radius 3 is 2.95 bits per heavy atom. The zero-order valence-corrected chi connectivity index (χ0v) is 11.9. The summed E-state index contributed by atoms with van der Waals surface area (Å²) in [5, 5.41) is 2.93. The fourth-order valence-electron chi connectivity index (χ4n) is 2.40. The molecular formula is C14H16ClFN2O2. The van der Waals surface area contributed by atoms with Crippen LogP contribution in [0.3, 0.4) is 0 Å². The quantitative estimate of drug-likeness (QED) is 0.925. The minimum absolute atomic E-state index is 0.0171. The van der Waals surface area contributed by atoms with Crippen LogP contribution in [0.5, 0.6) is 0 Å². The Balaban J connectivity index is 2.01. The molecule has 1 aliphatic rings. The Labute approximate surface area is 121 Å². The average molecular weight is 299 g/mol. The largest absolute Gasteiger partial charge is 0.350 e. The molecule has 1 saturated heterocycles. The Bertz CT molecular complexity index is 516. The highest BCUT2D eigenvalue weighted by molar-refractivity contribution is 6.31. The summed E-state index contributed by atoms with van der Waals surface area (Å²) >= 11 is 5.90. The van der Waals surface area contributed by atoms with E-state index < -0.39 is 11.9 Å². The van der Waals surface area contributed by atoms with E-state index in [-0.39, 0.29) is 28.9 Å². The molecule has 1 fully saturated rings. The second kappa shape index (κ2) is 6.22. The number of likely N-dealkylation sites (tertiary alicyclic amines) is 1. The lowest BCUT2D eigenvalue weighted by molar-refractivity contribution is -0.135. The van der Waals surface area contributed by atoms with Gasteiger partial charge in [-0.25, -0.2) is 4.39 Å². The van der Waals surface area contributed by atoms with Gasteiger partial charge in [-0.1, -0.05) is 17.7 Å². The van der Waals surface area contributed by atoms with Crippen molar-refractivity contribution in [2.24, 2.45) is 0 Å². The van der Waals surface area contributed by atoms with Gasteiger partial charge in [0.05, 0.1) is 0 Å². The van der Waals surface area contributed by atoms with E-state index in [2.05, 4.69) is 5.32 Å². The Hall–Kier alpha value is -1.62. The minimum atomic E-state index is -0.460. The third kappa shape index (κ3) is 2.93. The van der Waals surface area contributed by atoms with Crippen molar-refractivity contribution in [3.05, 3.63) is 34.6 Å². The molecule has 4 nitrogen and oxygen atoms in total. The number of carbonyl (C=O) groups excluding carboxylic acids is 2. The maximum atomic E-state index is 13.6. The molecule has 0 aliphatic carbocycles. The number of rotatable bonds is 4. The molecular weight excluding hydrogens is 283 g/mol. The molecule has 1 aliphatic heterocycles. The van der Waals surface area contributed by atoms with Gasteiger partial charge in [-0.05, 0) is 25.5 Å². The van der Waals surface area contributed by atoms with Crippen LogP contribution in [-0.4, -0.2) is 29.3 Å². The Morgan fingerprint density at radius 2 is 2.30 bits per heavy atom. The predicted molar refractivity (Wildman–Crippen MR) is 73.7 cm³/mol. The molecule has 0 spiro atoms. The minimum Gasteiger partial charge on any atom is -0.350 e. The van der Waals surface area contributed by atoms with Crippen LogP contribution in [0.25, 0.3) is 0 Å². The molecule has 2 rings (SSSR count). The SMILES string of the molecule is CCN1C(=O)CC[C@H]1C(=O)NCc1c(F)cccc1Cl. The van der Waals surface area contributed by atoms with Gasteiger partial charge < -0.3 is 10.2 Å². The third-order valence-electron chi connectivity index (χ3n) is 3.47. The number of benzene rings is 1. The zero-order valence-electron chi connectivity index (χ0n) is 11.2. The van der Waals surface area contributed by atoms with Crippen molar-refractivity contribution in [2.45, 2.75) is 32.4 Å². The normalized spacial score (nSPS) is 18.4. The number of nitrogens with one attached hydrogen (secondary N) is 1. The molecule has 1 heterocycles. The number of hydrogen-bond donors (Lipinski definition) is 1. The molecule has 1 aromatic carbocycles. The molecule has 1 N–H and O–H groups in total. The smallest absolute Gasteiger partial charge is 0.243 e. The highest BCUT2D eigenvalue weighted by atomic mass is 35.5. The van der Waals surface area contributed by atoms with Crippen LogP contribution < -0.4 is 5.32 Å². The van der Waals surface area contributed by atoms with Crippen LogP contribution >= 0.6 is 11.6 Å². The van der Waals surface area contributed by atoms with E-state index in [1.807, 2.05) is 6.92 Å². The maximum absolute atomic E-state index is 13.6. The first kappa shape index (κ1) is 14.8. The molecule has 0 saturated carbocycles. The number of hydrogen-bond acceptors (Lipinski definition) is 2. The molecule has 0 unspecified atom stereocenters. The monoisotopic (exact) mass is 298 g/mol. The number of amides is 2. The van der Waals surface area contributed by atoms with E-state index in [0.717, 1.165) is 0 Å². The van der Waals surface area contributed by atoms with Crippen molar-refractivity contribution in [3.8, 4) is 0 Å². The van der Waals surface area contributed by atoms with Crippen LogP contribution in [0.2, 0.25) is 5.02 Å². The fraction of sp³-hybridized carbons (Fsp3) is 0.429. The van der Waals surface area contributed by atoms with E-state index in [4.69, 9.17) is 11.6 Å². The molecule has 1 aromatic rings. The van der Waals surface area contributed by atoms with Gasteiger partial charge in [0.15, 0.2) is 0 Å². The van der Waals surface area contributed by atoms with Crippen LogP contribution in [-0.2, 0) is 16.1 Å². The highest BCUT2D eigenvalue weighted by Crippen LogP contribution is 2.20. The molecule has 2 amide bonds. The van der Waals surface area contributed by atoms with Crippen LogP contribution in [0.4, 0.5) is 4.39 Å². The highest BCUT2D eigenvalue weighted by Gasteiger charge is 2.34. The van der Waals surface area contributed by atoms with Crippen molar-refractivity contribution < 1.29 is 14.0 Å². The van der Waals surface area contributed by atoms with Gasteiger partial charge in [0.2, 0.25) is 11.8 Å². The number of halogens is 2. The fourth-order valence-corrected chi connectivity index (χ4v) is 2.63. The van der Waals surface area contributed by atoms with Crippen LogP contribution in [0, 0.1) is 5.82 Å². The number of carbonyl (C=O) groups is 2. The van der Waals surface area contributed by atoms with E-state index in [1.165, 1.54) is 17.0 Å². The molecule has 0 aromatic heterocycles. The van der Waals surface area contributed by atoms with E-state index in [0.29, 0.717) is 19.4 Å². The second-order valence-electron chi connectivity index (χ2n) is 4.65. The lowest BCUT2D eigenvalue weighted by Crippen LogP contribution is -2.44. The van der Waals surface area contributed by atoms with Crippen molar-refractivity contribution in [1.82, 2.24) is 10.2 Å². The van der Waals surface area contributed by atoms with Crippen molar-refractivity contribution >= 4 is 23.4 Å². The summed E-state index contributed by atoms with van der Waals surface area (Å²) in [5.41, 5.74) is 0.259. The van der Waals surface area contributed by atoms with E-state index >= 15 is 0 Å². The first-order valence-electron chi connectivity index (χ1n) is 6.54. The molecule has 108 valence electrons. The van der Waals surface area contributed by atoms with E-state index in [1.54, 1.807) is 6.07 Å². The molecule has 6 heteroatoms. The topological polar surface area (TPSA) is 49.4 Å². The Kier molecular flexibility index (Phi) is 4.60. The number of nitrogens with zero attached hydrogens (tertiary/aromatic N) is 1. The second-order valence-corrected chi connectivity index (χ2v) is 5.06. The Morgan fingerprint density at radius 1 is 1.55 bits per heavy atom. The summed E-state index contributed by atoms with van der Waals surface area (Å²) in [4.78, 5) is 25.2. The van der Waals surface area contributed by atoms with Gasteiger partial charge >= 0.3 is 0 Å². The third-order valence-corrected chi connectivity index (χ3v) is 3.83. The van der Waals surface area contributed by atoms with Crippen molar-refractivity contribution in [2.75, 3.05) is 6.54 Å². The van der Waals surface area contributed by atoms with E-state index in [9.17, 15) is 14.0 Å². The van der Waals surface area contributed by atoms with Gasteiger partial charge in [0, 0.05) is 30.1 Å². The number of likely N-dealkylation sites (N-methyl/N-ethyl adjacent to an activating group) is 1.